The van der Waals surface area contributed by atoms with Gasteiger partial charge in [-0.25, -0.2) is 4.79 Å². The molecule has 2 aromatic rings. The average molecular weight is 292 g/mol. The third-order valence-electron chi connectivity index (χ3n) is 2.75. The first kappa shape index (κ1) is 14.2. The topological polar surface area (TPSA) is 37.3 Å². The van der Waals surface area contributed by atoms with E-state index in [1.165, 1.54) is 28.0 Å². The van der Waals surface area contributed by atoms with Crippen molar-refractivity contribution in [3.8, 4) is 0 Å². The van der Waals surface area contributed by atoms with Crippen molar-refractivity contribution in [2.45, 2.75) is 25.4 Å². The first-order valence-electron chi connectivity index (χ1n) is 6.01. The number of carbonyl (C=O) groups is 1. The van der Waals surface area contributed by atoms with Crippen molar-refractivity contribution in [2.75, 3.05) is 0 Å². The summed E-state index contributed by atoms with van der Waals surface area (Å²) in [5.41, 5.74) is 4.77. The molecule has 0 amide bonds. The molecule has 0 spiro atoms. The number of thioether (sulfide) groups is 1. The second kappa shape index (κ2) is 6.26. The van der Waals surface area contributed by atoms with Gasteiger partial charge in [0, 0.05) is 11.5 Å². The molecule has 2 rings (SSSR count). The fourth-order valence-corrected chi connectivity index (χ4v) is 3.89. The van der Waals surface area contributed by atoms with Crippen LogP contribution in [0.3, 0.4) is 0 Å². The zero-order valence-electron chi connectivity index (χ0n) is 11.0. The van der Waals surface area contributed by atoms with Crippen LogP contribution in [-0.4, -0.2) is 11.1 Å². The summed E-state index contributed by atoms with van der Waals surface area (Å²) in [5, 5.41) is 10.9. The van der Waals surface area contributed by atoms with E-state index in [1.54, 1.807) is 11.8 Å². The minimum Gasteiger partial charge on any atom is -0.477 e. The van der Waals surface area contributed by atoms with Crippen LogP contribution in [-0.2, 0) is 11.5 Å². The largest absolute Gasteiger partial charge is 0.477 e. The SMILES string of the molecule is Cc1cc(C)cc(CSCc2ccsc2C(=O)O)c1. The number of carboxylic acid groups (broad SMARTS) is 1. The summed E-state index contributed by atoms with van der Waals surface area (Å²) in [4.78, 5) is 11.5. The molecule has 0 bridgehead atoms. The number of aryl methyl sites for hydroxylation is 2. The van der Waals surface area contributed by atoms with Gasteiger partial charge in [-0.05, 0) is 36.4 Å². The molecule has 0 aliphatic rings. The van der Waals surface area contributed by atoms with E-state index < -0.39 is 5.97 Å². The summed E-state index contributed by atoms with van der Waals surface area (Å²) in [7, 11) is 0. The molecule has 0 atom stereocenters. The van der Waals surface area contributed by atoms with Gasteiger partial charge in [0.15, 0.2) is 0 Å². The van der Waals surface area contributed by atoms with Crippen LogP contribution in [0.5, 0.6) is 0 Å². The fraction of sp³-hybridized carbons (Fsp3) is 0.267. The van der Waals surface area contributed by atoms with E-state index in [2.05, 4.69) is 32.0 Å². The number of benzene rings is 1. The van der Waals surface area contributed by atoms with Crippen LogP contribution in [0.2, 0.25) is 0 Å². The van der Waals surface area contributed by atoms with E-state index in [4.69, 9.17) is 5.11 Å². The Morgan fingerprint density at radius 1 is 1.21 bits per heavy atom. The Labute approximate surface area is 121 Å². The van der Waals surface area contributed by atoms with Crippen LogP contribution in [0.25, 0.3) is 0 Å². The number of hydrogen-bond donors (Lipinski definition) is 1. The molecule has 1 heterocycles. The maximum absolute atomic E-state index is 11.0. The van der Waals surface area contributed by atoms with Gasteiger partial charge in [0.1, 0.15) is 4.88 Å². The van der Waals surface area contributed by atoms with Crippen molar-refractivity contribution in [1.82, 2.24) is 0 Å². The highest BCUT2D eigenvalue weighted by Gasteiger charge is 2.11. The van der Waals surface area contributed by atoms with Crippen molar-refractivity contribution < 1.29 is 9.90 Å². The lowest BCUT2D eigenvalue weighted by Gasteiger charge is -2.05. The van der Waals surface area contributed by atoms with Gasteiger partial charge in [-0.2, -0.15) is 11.8 Å². The molecule has 0 unspecified atom stereocenters. The van der Waals surface area contributed by atoms with Crippen molar-refractivity contribution in [3.05, 3.63) is 56.8 Å². The lowest BCUT2D eigenvalue weighted by molar-refractivity contribution is 0.0701. The molecule has 0 fully saturated rings. The monoisotopic (exact) mass is 292 g/mol. The highest BCUT2D eigenvalue weighted by molar-refractivity contribution is 7.97. The summed E-state index contributed by atoms with van der Waals surface area (Å²) in [6, 6.07) is 8.44. The second-order valence-corrected chi connectivity index (χ2v) is 6.47. The van der Waals surface area contributed by atoms with Gasteiger partial charge in [-0.1, -0.05) is 29.3 Å². The van der Waals surface area contributed by atoms with Crippen molar-refractivity contribution in [2.24, 2.45) is 0 Å². The quantitative estimate of drug-likeness (QED) is 0.881. The first-order chi connectivity index (χ1) is 9.06. The fourth-order valence-electron chi connectivity index (χ4n) is 2.07. The Morgan fingerprint density at radius 3 is 2.53 bits per heavy atom. The molecule has 0 aliphatic carbocycles. The van der Waals surface area contributed by atoms with E-state index in [1.807, 2.05) is 11.4 Å². The Hall–Kier alpha value is -1.26. The molecule has 100 valence electrons. The molecule has 1 aromatic heterocycles. The zero-order valence-corrected chi connectivity index (χ0v) is 12.6. The Bertz CT molecular complexity index is 567. The maximum atomic E-state index is 11.0. The molecule has 0 saturated heterocycles. The molecule has 19 heavy (non-hydrogen) atoms. The van der Waals surface area contributed by atoms with Crippen LogP contribution < -0.4 is 0 Å². The predicted octanol–water partition coefficient (Wildman–Crippen LogP) is 4.50. The molecule has 1 aromatic carbocycles. The summed E-state index contributed by atoms with van der Waals surface area (Å²) >= 11 is 3.05. The van der Waals surface area contributed by atoms with Crippen molar-refractivity contribution in [3.63, 3.8) is 0 Å². The minimum atomic E-state index is -0.822. The van der Waals surface area contributed by atoms with Crippen LogP contribution in [0, 0.1) is 13.8 Å². The smallest absolute Gasteiger partial charge is 0.346 e. The lowest BCUT2D eigenvalue weighted by atomic mass is 10.1. The Morgan fingerprint density at radius 2 is 1.89 bits per heavy atom. The number of rotatable bonds is 5. The number of hydrogen-bond acceptors (Lipinski definition) is 3. The van der Waals surface area contributed by atoms with E-state index in [9.17, 15) is 4.79 Å². The van der Waals surface area contributed by atoms with Gasteiger partial charge < -0.3 is 5.11 Å². The maximum Gasteiger partial charge on any atom is 0.346 e. The van der Waals surface area contributed by atoms with Crippen LogP contribution in [0.4, 0.5) is 0 Å². The van der Waals surface area contributed by atoms with Gasteiger partial charge >= 0.3 is 5.97 Å². The van der Waals surface area contributed by atoms with E-state index in [0.29, 0.717) is 4.88 Å². The first-order valence-corrected chi connectivity index (χ1v) is 8.04. The molecule has 4 heteroatoms. The predicted molar refractivity (Wildman–Crippen MR) is 82.2 cm³/mol. The van der Waals surface area contributed by atoms with Gasteiger partial charge in [0.05, 0.1) is 0 Å². The zero-order chi connectivity index (χ0) is 13.8. The van der Waals surface area contributed by atoms with Crippen molar-refractivity contribution >= 4 is 29.1 Å². The second-order valence-electron chi connectivity index (χ2n) is 4.57. The van der Waals surface area contributed by atoms with Gasteiger partial charge in [-0.15, -0.1) is 11.3 Å². The minimum absolute atomic E-state index is 0.466. The van der Waals surface area contributed by atoms with E-state index >= 15 is 0 Å². The molecule has 0 saturated carbocycles. The van der Waals surface area contributed by atoms with Gasteiger partial charge in [-0.3, -0.25) is 0 Å². The number of aromatic carboxylic acids is 1. The Kier molecular flexibility index (Phi) is 4.66. The van der Waals surface area contributed by atoms with Crippen molar-refractivity contribution in [1.29, 1.82) is 0 Å². The number of thiophene rings is 1. The Balaban J connectivity index is 1.96. The van der Waals surface area contributed by atoms with Gasteiger partial charge in [0.25, 0.3) is 0 Å². The molecular weight excluding hydrogens is 276 g/mol. The lowest BCUT2D eigenvalue weighted by Crippen LogP contribution is -1.96. The molecular formula is C15H16O2S2. The third-order valence-corrected chi connectivity index (χ3v) is 4.75. The average Bonchev–Trinajstić information content (AvgIpc) is 2.76. The van der Waals surface area contributed by atoms with Crippen LogP contribution >= 0.6 is 23.1 Å². The van der Waals surface area contributed by atoms with E-state index in [0.717, 1.165) is 17.1 Å². The third kappa shape index (κ3) is 3.85. The number of carboxylic acids is 1. The van der Waals surface area contributed by atoms with Crippen LogP contribution in [0.1, 0.15) is 31.9 Å². The summed E-state index contributed by atoms with van der Waals surface area (Å²) < 4.78 is 0. The molecule has 2 nitrogen and oxygen atoms in total. The summed E-state index contributed by atoms with van der Waals surface area (Å²) in [6.45, 7) is 4.20. The molecule has 0 radical (unpaired) electrons. The van der Waals surface area contributed by atoms with Crippen LogP contribution in [0.15, 0.2) is 29.6 Å². The van der Waals surface area contributed by atoms with E-state index in [-0.39, 0.29) is 0 Å². The summed E-state index contributed by atoms with van der Waals surface area (Å²) in [6.07, 6.45) is 0. The molecule has 1 N–H and O–H groups in total. The standard InChI is InChI=1S/C15H16O2S2/c1-10-5-11(2)7-12(6-10)8-18-9-13-3-4-19-14(13)15(16)17/h3-7H,8-9H2,1-2H3,(H,16,17). The summed E-state index contributed by atoms with van der Waals surface area (Å²) in [5.74, 6) is 0.840. The normalized spacial score (nSPS) is 10.6. The molecule has 0 aliphatic heterocycles. The van der Waals surface area contributed by atoms with Gasteiger partial charge in [0.2, 0.25) is 0 Å². The highest BCUT2D eigenvalue weighted by atomic mass is 32.2. The highest BCUT2D eigenvalue weighted by Crippen LogP contribution is 2.24.